The second-order valence-corrected chi connectivity index (χ2v) is 7.95. The molecule has 1 atom stereocenters. The van der Waals surface area contributed by atoms with Gasteiger partial charge in [0.05, 0.1) is 22.6 Å². The molecule has 162 valence electrons. The molecule has 1 heterocycles. The van der Waals surface area contributed by atoms with Gasteiger partial charge >= 0.3 is 0 Å². The van der Waals surface area contributed by atoms with Crippen LogP contribution in [-0.4, -0.2) is 26.9 Å². The smallest absolute Gasteiger partial charge is 0.266 e. The maximum Gasteiger partial charge on any atom is 0.266 e. The number of para-hydroxylation sites is 2. The number of aryl methyl sites for hydroxylation is 1. The van der Waals surface area contributed by atoms with Gasteiger partial charge in [-0.3, -0.25) is 14.2 Å². The molecular weight excluding hydrogens is 398 g/mol. The van der Waals surface area contributed by atoms with E-state index in [0.717, 1.165) is 17.7 Å². The van der Waals surface area contributed by atoms with E-state index in [1.165, 1.54) is 0 Å². The van der Waals surface area contributed by atoms with Crippen molar-refractivity contribution >= 4 is 16.8 Å². The van der Waals surface area contributed by atoms with Crippen molar-refractivity contribution in [2.24, 2.45) is 0 Å². The van der Waals surface area contributed by atoms with Crippen molar-refractivity contribution in [2.75, 3.05) is 6.54 Å². The number of carbonyl (C=O) groups is 1. The molecular formula is C27H27N3O2. The Morgan fingerprint density at radius 1 is 0.969 bits per heavy atom. The van der Waals surface area contributed by atoms with Crippen LogP contribution in [0.1, 0.15) is 48.1 Å². The lowest BCUT2D eigenvalue weighted by Gasteiger charge is -2.31. The summed E-state index contributed by atoms with van der Waals surface area (Å²) >= 11 is 0. The molecule has 1 unspecified atom stereocenters. The molecule has 0 aliphatic rings. The van der Waals surface area contributed by atoms with Gasteiger partial charge < -0.3 is 4.90 Å². The average molecular weight is 426 g/mol. The Balaban J connectivity index is 1.91. The van der Waals surface area contributed by atoms with Gasteiger partial charge in [-0.25, -0.2) is 4.98 Å². The minimum atomic E-state index is -0.403. The van der Waals surface area contributed by atoms with Crippen molar-refractivity contribution in [1.82, 2.24) is 14.5 Å². The Labute approximate surface area is 188 Å². The second-order valence-electron chi connectivity index (χ2n) is 7.95. The molecule has 0 aliphatic heterocycles. The summed E-state index contributed by atoms with van der Waals surface area (Å²) in [7, 11) is 0. The number of benzene rings is 3. The zero-order valence-electron chi connectivity index (χ0n) is 18.7. The van der Waals surface area contributed by atoms with E-state index in [1.807, 2.05) is 98.5 Å². The summed E-state index contributed by atoms with van der Waals surface area (Å²) in [5.41, 5.74) is 2.83. The number of nitrogens with zero attached hydrogens (tertiary/aromatic N) is 3. The number of carbonyl (C=O) groups excluding carboxylic acids is 1. The van der Waals surface area contributed by atoms with E-state index in [9.17, 15) is 9.59 Å². The Bertz CT molecular complexity index is 1310. The first-order valence-corrected chi connectivity index (χ1v) is 11.0. The normalized spacial score (nSPS) is 12.0. The van der Waals surface area contributed by atoms with Crippen LogP contribution in [0.3, 0.4) is 0 Å². The number of fused-ring (bicyclic) bond motifs is 1. The molecule has 1 aromatic heterocycles. The Hall–Kier alpha value is -3.73. The lowest BCUT2D eigenvalue weighted by molar-refractivity contribution is 0.0680. The monoisotopic (exact) mass is 425 g/mol. The predicted octanol–water partition coefficient (Wildman–Crippen LogP) is 5.31. The summed E-state index contributed by atoms with van der Waals surface area (Å²) in [6.45, 7) is 6.49. The molecule has 0 N–H and O–H groups in total. The fourth-order valence-electron chi connectivity index (χ4n) is 4.08. The van der Waals surface area contributed by atoms with Crippen molar-refractivity contribution in [3.05, 3.63) is 106 Å². The summed E-state index contributed by atoms with van der Waals surface area (Å²) in [5.74, 6) is 0.495. The maximum absolute atomic E-state index is 13.6. The zero-order chi connectivity index (χ0) is 22.7. The quantitative estimate of drug-likeness (QED) is 0.421. The van der Waals surface area contributed by atoms with Crippen LogP contribution in [0.15, 0.2) is 83.7 Å². The predicted molar refractivity (Wildman–Crippen MR) is 128 cm³/mol. The van der Waals surface area contributed by atoms with Crippen molar-refractivity contribution < 1.29 is 4.79 Å². The zero-order valence-corrected chi connectivity index (χ0v) is 18.7. The van der Waals surface area contributed by atoms with Crippen LogP contribution in [-0.2, 0) is 0 Å². The fraction of sp³-hybridized carbons (Fsp3) is 0.222. The van der Waals surface area contributed by atoms with Gasteiger partial charge in [0, 0.05) is 12.1 Å². The van der Waals surface area contributed by atoms with Crippen LogP contribution in [0.5, 0.6) is 0 Å². The third-order valence-electron chi connectivity index (χ3n) is 5.76. The minimum Gasteiger partial charge on any atom is -0.329 e. The first kappa shape index (κ1) is 21.5. The van der Waals surface area contributed by atoms with E-state index in [2.05, 4.69) is 0 Å². The number of hydrogen-bond acceptors (Lipinski definition) is 3. The molecule has 4 rings (SSSR count). The Morgan fingerprint density at radius 2 is 1.62 bits per heavy atom. The summed E-state index contributed by atoms with van der Waals surface area (Å²) in [6.07, 6.45) is 0.797. The molecule has 0 fully saturated rings. The second kappa shape index (κ2) is 9.18. The number of aromatic nitrogens is 2. The highest BCUT2D eigenvalue weighted by molar-refractivity contribution is 5.95. The molecule has 5 nitrogen and oxygen atoms in total. The molecule has 1 amide bonds. The van der Waals surface area contributed by atoms with E-state index < -0.39 is 6.04 Å². The highest BCUT2D eigenvalue weighted by Gasteiger charge is 2.27. The molecule has 0 aliphatic carbocycles. The molecule has 32 heavy (non-hydrogen) atoms. The molecule has 4 aromatic rings. The third-order valence-corrected chi connectivity index (χ3v) is 5.76. The van der Waals surface area contributed by atoms with E-state index >= 15 is 0 Å². The van der Waals surface area contributed by atoms with Gasteiger partial charge in [-0.1, -0.05) is 55.5 Å². The standard InChI is InChI=1S/C27H27N3O2/c1-4-18-29(26(31)22-15-9-8-12-19(22)2)20(3)25-28-24-17-11-10-16-23(24)27(32)30(25)21-13-6-5-7-14-21/h5-17,20H,4,18H2,1-3H3. The number of rotatable bonds is 6. The number of hydrogen-bond donors (Lipinski definition) is 0. The highest BCUT2D eigenvalue weighted by atomic mass is 16.2. The van der Waals surface area contributed by atoms with Crippen LogP contribution in [0.4, 0.5) is 0 Å². The van der Waals surface area contributed by atoms with Gasteiger partial charge in [-0.05, 0) is 56.2 Å². The van der Waals surface area contributed by atoms with E-state index in [0.29, 0.717) is 28.8 Å². The van der Waals surface area contributed by atoms with Crippen LogP contribution in [0.2, 0.25) is 0 Å². The van der Waals surface area contributed by atoms with Crippen LogP contribution >= 0.6 is 0 Å². The largest absolute Gasteiger partial charge is 0.329 e. The average Bonchev–Trinajstić information content (AvgIpc) is 2.82. The minimum absolute atomic E-state index is 0.0560. The summed E-state index contributed by atoms with van der Waals surface area (Å²) in [6, 6.07) is 24.0. The summed E-state index contributed by atoms with van der Waals surface area (Å²) < 4.78 is 1.64. The van der Waals surface area contributed by atoms with Crippen molar-refractivity contribution in [1.29, 1.82) is 0 Å². The van der Waals surface area contributed by atoms with Gasteiger partial charge in [-0.2, -0.15) is 0 Å². The van der Waals surface area contributed by atoms with Crippen molar-refractivity contribution in [3.8, 4) is 5.69 Å². The molecule has 0 bridgehead atoms. The van der Waals surface area contributed by atoms with Crippen molar-refractivity contribution in [2.45, 2.75) is 33.2 Å². The third kappa shape index (κ3) is 3.94. The summed E-state index contributed by atoms with van der Waals surface area (Å²) in [4.78, 5) is 33.8. The Kier molecular flexibility index (Phi) is 6.17. The molecule has 3 aromatic carbocycles. The fourth-order valence-corrected chi connectivity index (χ4v) is 4.08. The van der Waals surface area contributed by atoms with Gasteiger partial charge in [0.1, 0.15) is 5.82 Å². The topological polar surface area (TPSA) is 55.2 Å². The molecule has 0 saturated carbocycles. The van der Waals surface area contributed by atoms with Gasteiger partial charge in [-0.15, -0.1) is 0 Å². The maximum atomic E-state index is 13.6. The SMILES string of the molecule is CCCN(C(=O)c1ccccc1C)C(C)c1nc2ccccc2c(=O)n1-c1ccccc1. The first-order chi connectivity index (χ1) is 15.5. The number of amides is 1. The lowest BCUT2D eigenvalue weighted by atomic mass is 10.1. The van der Waals surface area contributed by atoms with Crippen LogP contribution in [0, 0.1) is 6.92 Å². The molecule has 0 spiro atoms. The van der Waals surface area contributed by atoms with E-state index in [-0.39, 0.29) is 11.5 Å². The van der Waals surface area contributed by atoms with Crippen LogP contribution < -0.4 is 5.56 Å². The molecule has 0 radical (unpaired) electrons. The lowest BCUT2D eigenvalue weighted by Crippen LogP contribution is -2.38. The summed E-state index contributed by atoms with van der Waals surface area (Å²) in [5, 5.41) is 0.555. The van der Waals surface area contributed by atoms with Gasteiger partial charge in [0.15, 0.2) is 0 Å². The molecule has 0 saturated heterocycles. The highest BCUT2D eigenvalue weighted by Crippen LogP contribution is 2.25. The van der Waals surface area contributed by atoms with Gasteiger partial charge in [0.25, 0.3) is 11.5 Å². The van der Waals surface area contributed by atoms with E-state index in [4.69, 9.17) is 4.98 Å². The van der Waals surface area contributed by atoms with E-state index in [1.54, 1.807) is 10.6 Å². The van der Waals surface area contributed by atoms with Crippen LogP contribution in [0.25, 0.3) is 16.6 Å². The Morgan fingerprint density at radius 3 is 2.34 bits per heavy atom. The first-order valence-electron chi connectivity index (χ1n) is 11.0. The molecule has 5 heteroatoms. The van der Waals surface area contributed by atoms with Gasteiger partial charge in [0.2, 0.25) is 0 Å². The van der Waals surface area contributed by atoms with Crippen molar-refractivity contribution in [3.63, 3.8) is 0 Å².